The van der Waals surface area contributed by atoms with Crippen molar-refractivity contribution in [3.8, 4) is 0 Å². The Morgan fingerprint density at radius 2 is 1.87 bits per heavy atom. The lowest BCUT2D eigenvalue weighted by Crippen LogP contribution is -2.46. The van der Waals surface area contributed by atoms with Crippen molar-refractivity contribution in [3.63, 3.8) is 0 Å². The number of hydrogen-bond donors (Lipinski definition) is 2. The van der Waals surface area contributed by atoms with Crippen molar-refractivity contribution < 1.29 is 19.1 Å². The van der Waals surface area contributed by atoms with Crippen molar-refractivity contribution in [3.05, 3.63) is 64.1 Å². The van der Waals surface area contributed by atoms with Gasteiger partial charge in [0.1, 0.15) is 0 Å². The Bertz CT molecular complexity index is 1170. The van der Waals surface area contributed by atoms with Gasteiger partial charge in [-0.1, -0.05) is 12.1 Å². The molecule has 1 fully saturated rings. The number of aromatic nitrogens is 1. The fraction of sp³-hybridized carbons (Fsp3) is 0.318. The lowest BCUT2D eigenvalue weighted by Gasteiger charge is -2.31. The number of piperazine rings is 1. The van der Waals surface area contributed by atoms with Gasteiger partial charge in [-0.3, -0.25) is 19.6 Å². The summed E-state index contributed by atoms with van der Waals surface area (Å²) in [5.74, 6) is -0.537. The number of nitrogens with one attached hydrogen (secondary N) is 1. The topological polar surface area (TPSA) is 108 Å². The van der Waals surface area contributed by atoms with Gasteiger partial charge < -0.3 is 14.4 Å². The van der Waals surface area contributed by atoms with E-state index in [-0.39, 0.29) is 12.3 Å². The van der Waals surface area contributed by atoms with Crippen LogP contribution in [-0.2, 0) is 6.54 Å². The Labute approximate surface area is 178 Å². The lowest BCUT2D eigenvalue weighted by atomic mass is 10.1. The van der Waals surface area contributed by atoms with Gasteiger partial charge in [0.05, 0.1) is 18.6 Å². The number of Topliss-reactive ketones (excluding diaryl/α,β-unsaturated/α-hetero) is 1. The normalized spacial score (nSPS) is 15.3. The third-order valence-electron chi connectivity index (χ3n) is 5.47. The second kappa shape index (κ2) is 8.75. The molecule has 0 atom stereocenters. The number of amides is 1. The van der Waals surface area contributed by atoms with Crippen LogP contribution in [-0.4, -0.2) is 71.1 Å². The van der Waals surface area contributed by atoms with Crippen molar-refractivity contribution in [2.24, 2.45) is 0 Å². The van der Waals surface area contributed by atoms with Gasteiger partial charge in [0.15, 0.2) is 11.4 Å². The Morgan fingerprint density at radius 1 is 1.10 bits per heavy atom. The summed E-state index contributed by atoms with van der Waals surface area (Å²) in [6.07, 6.45) is -1.16. The predicted octanol–water partition coefficient (Wildman–Crippen LogP) is 2.16. The molecule has 1 aromatic heterocycles. The minimum absolute atomic E-state index is 0.00528. The molecular weight excluding hydrogens is 400 g/mol. The molecule has 0 aliphatic carbocycles. The quantitative estimate of drug-likeness (QED) is 0.584. The SMILES string of the molecule is CN1CCN(CC(=O)c2ccc3c(c2)oc(=O)n3Cc2cccc(NC(=O)O)c2)CC1. The summed E-state index contributed by atoms with van der Waals surface area (Å²) in [6, 6.07) is 11.9. The second-order valence-electron chi connectivity index (χ2n) is 7.77. The zero-order valence-corrected chi connectivity index (χ0v) is 17.2. The zero-order valence-electron chi connectivity index (χ0n) is 17.2. The van der Waals surface area contributed by atoms with Crippen LogP contribution in [0.15, 0.2) is 51.7 Å². The molecule has 9 nitrogen and oxygen atoms in total. The fourth-order valence-corrected chi connectivity index (χ4v) is 3.74. The molecule has 2 aromatic carbocycles. The molecule has 1 amide bonds. The van der Waals surface area contributed by atoms with Crippen molar-refractivity contribution in [2.45, 2.75) is 6.54 Å². The molecule has 1 aliphatic heterocycles. The summed E-state index contributed by atoms with van der Waals surface area (Å²) < 4.78 is 6.85. The Kier molecular flexibility index (Phi) is 5.88. The van der Waals surface area contributed by atoms with Crippen molar-refractivity contribution in [1.82, 2.24) is 14.4 Å². The molecule has 0 saturated carbocycles. The molecule has 0 radical (unpaired) electrons. The average Bonchev–Trinajstić information content (AvgIpc) is 3.04. The van der Waals surface area contributed by atoms with Crippen LogP contribution in [0.4, 0.5) is 10.5 Å². The maximum Gasteiger partial charge on any atom is 0.420 e. The third-order valence-corrected chi connectivity index (χ3v) is 5.47. The Hall–Kier alpha value is -3.43. The van der Waals surface area contributed by atoms with E-state index < -0.39 is 11.8 Å². The van der Waals surface area contributed by atoms with E-state index in [9.17, 15) is 14.4 Å². The molecule has 2 heterocycles. The molecule has 4 rings (SSSR count). The van der Waals surface area contributed by atoms with Crippen LogP contribution in [0.1, 0.15) is 15.9 Å². The minimum atomic E-state index is -1.16. The highest BCUT2D eigenvalue weighted by Crippen LogP contribution is 2.19. The molecule has 31 heavy (non-hydrogen) atoms. The molecule has 9 heteroatoms. The summed E-state index contributed by atoms with van der Waals surface area (Å²) >= 11 is 0. The number of carbonyl (C=O) groups excluding carboxylic acids is 1. The number of anilines is 1. The van der Waals surface area contributed by atoms with Gasteiger partial charge in [-0.05, 0) is 42.9 Å². The zero-order chi connectivity index (χ0) is 22.0. The van der Waals surface area contributed by atoms with Crippen LogP contribution >= 0.6 is 0 Å². The van der Waals surface area contributed by atoms with Crippen LogP contribution in [0.25, 0.3) is 11.1 Å². The highest BCUT2D eigenvalue weighted by molar-refractivity contribution is 6.00. The molecule has 0 bridgehead atoms. The van der Waals surface area contributed by atoms with E-state index in [2.05, 4.69) is 22.2 Å². The van der Waals surface area contributed by atoms with Gasteiger partial charge >= 0.3 is 11.8 Å². The summed E-state index contributed by atoms with van der Waals surface area (Å²) in [4.78, 5) is 40.3. The average molecular weight is 424 g/mol. The van der Waals surface area contributed by atoms with E-state index in [1.54, 1.807) is 42.5 Å². The van der Waals surface area contributed by atoms with Gasteiger partial charge in [-0.25, -0.2) is 9.59 Å². The van der Waals surface area contributed by atoms with Crippen LogP contribution in [0.5, 0.6) is 0 Å². The first kappa shape index (κ1) is 20.8. The number of oxazole rings is 1. The summed E-state index contributed by atoms with van der Waals surface area (Å²) in [5, 5.41) is 11.2. The van der Waals surface area contributed by atoms with E-state index in [0.29, 0.717) is 28.9 Å². The van der Waals surface area contributed by atoms with Gasteiger partial charge in [0.2, 0.25) is 0 Å². The van der Waals surface area contributed by atoms with Crippen LogP contribution in [0.2, 0.25) is 0 Å². The van der Waals surface area contributed by atoms with Crippen LogP contribution in [0.3, 0.4) is 0 Å². The number of fused-ring (bicyclic) bond motifs is 1. The van der Waals surface area contributed by atoms with Gasteiger partial charge in [0, 0.05) is 37.4 Å². The van der Waals surface area contributed by atoms with Crippen LogP contribution < -0.4 is 11.1 Å². The molecular formula is C22H24N4O5. The molecule has 1 saturated heterocycles. The van der Waals surface area contributed by atoms with Crippen LogP contribution in [0, 0.1) is 0 Å². The van der Waals surface area contributed by atoms with E-state index in [4.69, 9.17) is 9.52 Å². The number of carboxylic acid groups (broad SMARTS) is 1. The fourth-order valence-electron chi connectivity index (χ4n) is 3.74. The largest absolute Gasteiger partial charge is 0.465 e. The number of rotatable bonds is 6. The van der Waals surface area contributed by atoms with Crippen molar-refractivity contribution in [2.75, 3.05) is 45.1 Å². The predicted molar refractivity (Wildman–Crippen MR) is 116 cm³/mol. The number of nitrogens with zero attached hydrogens (tertiary/aromatic N) is 3. The molecule has 2 N–H and O–H groups in total. The number of ketones is 1. The second-order valence-corrected chi connectivity index (χ2v) is 7.77. The van der Waals surface area contributed by atoms with Crippen molar-refractivity contribution in [1.29, 1.82) is 0 Å². The number of carbonyl (C=O) groups is 2. The van der Waals surface area contributed by atoms with E-state index in [0.717, 1.165) is 31.7 Å². The van der Waals surface area contributed by atoms with E-state index in [1.165, 1.54) is 4.57 Å². The van der Waals surface area contributed by atoms with E-state index >= 15 is 0 Å². The molecule has 162 valence electrons. The minimum Gasteiger partial charge on any atom is -0.465 e. The first-order valence-electron chi connectivity index (χ1n) is 10.1. The highest BCUT2D eigenvalue weighted by Gasteiger charge is 2.19. The van der Waals surface area contributed by atoms with Gasteiger partial charge in [-0.15, -0.1) is 0 Å². The summed E-state index contributed by atoms with van der Waals surface area (Å²) in [5.41, 5.74) is 2.61. The van der Waals surface area contributed by atoms with E-state index in [1.807, 2.05) is 0 Å². The Morgan fingerprint density at radius 3 is 2.61 bits per heavy atom. The highest BCUT2D eigenvalue weighted by atomic mass is 16.4. The monoisotopic (exact) mass is 424 g/mol. The maximum absolute atomic E-state index is 12.7. The first-order valence-corrected chi connectivity index (χ1v) is 10.1. The summed E-state index contributed by atoms with van der Waals surface area (Å²) in [6.45, 7) is 4.14. The first-order chi connectivity index (χ1) is 14.9. The Balaban J connectivity index is 1.53. The number of hydrogen-bond acceptors (Lipinski definition) is 6. The maximum atomic E-state index is 12.7. The third kappa shape index (κ3) is 4.84. The molecule has 1 aliphatic rings. The summed E-state index contributed by atoms with van der Waals surface area (Å²) in [7, 11) is 2.07. The smallest absolute Gasteiger partial charge is 0.420 e. The molecule has 3 aromatic rings. The standard InChI is InChI=1S/C22H24N4O5/c1-24-7-9-25(10-8-24)14-19(27)16-5-6-18-20(12-16)31-22(30)26(18)13-15-3-2-4-17(11-15)23-21(28)29/h2-6,11-12,23H,7-10,13-14H2,1H3,(H,28,29). The molecule has 0 unspecified atom stereocenters. The van der Waals surface area contributed by atoms with Crippen molar-refractivity contribution >= 4 is 28.7 Å². The molecule has 0 spiro atoms. The number of benzene rings is 2. The number of likely N-dealkylation sites (N-methyl/N-ethyl adjacent to an activating group) is 1. The van der Waals surface area contributed by atoms with Gasteiger partial charge in [-0.2, -0.15) is 0 Å². The van der Waals surface area contributed by atoms with Gasteiger partial charge in [0.25, 0.3) is 0 Å². The lowest BCUT2D eigenvalue weighted by molar-refractivity contribution is 0.0876.